The van der Waals surface area contributed by atoms with Crippen molar-refractivity contribution in [3.8, 4) is 5.75 Å². The third-order valence-electron chi connectivity index (χ3n) is 4.95. The van der Waals surface area contributed by atoms with Gasteiger partial charge in [0.25, 0.3) is 5.91 Å². The zero-order valence-corrected chi connectivity index (χ0v) is 16.8. The average Bonchev–Trinajstić information content (AvgIpc) is 3.20. The standard InChI is InChI=1S/C20H25N3O4S/c1-14(15-9-11-21-12-10-15)22-20(24)16-7-8-18(27-2)19(13-16)28(25,26)23-17-5-3-4-6-17/h7-14,17,23H,3-6H2,1-2H3,(H,22,24). The highest BCUT2D eigenvalue weighted by molar-refractivity contribution is 7.89. The molecule has 1 fully saturated rings. The molecule has 28 heavy (non-hydrogen) atoms. The van der Waals surface area contributed by atoms with Crippen molar-refractivity contribution >= 4 is 15.9 Å². The van der Waals surface area contributed by atoms with Crippen LogP contribution in [0.3, 0.4) is 0 Å². The third kappa shape index (κ3) is 4.69. The molecular formula is C20H25N3O4S. The number of pyridine rings is 1. The minimum atomic E-state index is -3.79. The Kier molecular flexibility index (Phi) is 6.31. The van der Waals surface area contributed by atoms with Crippen LogP contribution < -0.4 is 14.8 Å². The summed E-state index contributed by atoms with van der Waals surface area (Å²) in [5, 5.41) is 2.88. The monoisotopic (exact) mass is 403 g/mol. The molecule has 3 rings (SSSR count). The van der Waals surface area contributed by atoms with E-state index < -0.39 is 10.0 Å². The number of rotatable bonds is 7. The summed E-state index contributed by atoms with van der Waals surface area (Å²) in [6.45, 7) is 1.86. The average molecular weight is 404 g/mol. The number of methoxy groups -OCH3 is 1. The van der Waals surface area contributed by atoms with Gasteiger partial charge in [0.15, 0.2) is 0 Å². The first kappa shape index (κ1) is 20.3. The molecule has 150 valence electrons. The molecule has 1 aliphatic carbocycles. The van der Waals surface area contributed by atoms with E-state index in [4.69, 9.17) is 4.74 Å². The normalized spacial score (nSPS) is 15.9. The molecule has 1 aromatic heterocycles. The van der Waals surface area contributed by atoms with Crippen molar-refractivity contribution in [3.05, 3.63) is 53.9 Å². The van der Waals surface area contributed by atoms with Gasteiger partial charge in [0.1, 0.15) is 10.6 Å². The van der Waals surface area contributed by atoms with Gasteiger partial charge in [-0.25, -0.2) is 13.1 Å². The van der Waals surface area contributed by atoms with Gasteiger partial charge < -0.3 is 10.1 Å². The van der Waals surface area contributed by atoms with Crippen molar-refractivity contribution in [2.24, 2.45) is 0 Å². The number of hydrogen-bond acceptors (Lipinski definition) is 5. The molecule has 1 amide bonds. The van der Waals surface area contributed by atoms with E-state index in [0.29, 0.717) is 0 Å². The number of sulfonamides is 1. The Labute approximate surface area is 165 Å². The number of benzene rings is 1. The quantitative estimate of drug-likeness (QED) is 0.741. The number of nitrogens with zero attached hydrogens (tertiary/aromatic N) is 1. The van der Waals surface area contributed by atoms with Gasteiger partial charge in [-0.2, -0.15) is 0 Å². The Balaban J connectivity index is 1.82. The van der Waals surface area contributed by atoms with Gasteiger partial charge in [0.2, 0.25) is 10.0 Å². The van der Waals surface area contributed by atoms with Gasteiger partial charge in [0.05, 0.1) is 13.2 Å². The van der Waals surface area contributed by atoms with Crippen LogP contribution in [0.2, 0.25) is 0 Å². The first-order chi connectivity index (χ1) is 13.4. The van der Waals surface area contributed by atoms with E-state index in [1.165, 1.54) is 19.2 Å². The summed E-state index contributed by atoms with van der Waals surface area (Å²) in [5.41, 5.74) is 1.17. The van der Waals surface area contributed by atoms with Crippen LogP contribution in [0.5, 0.6) is 5.75 Å². The number of ether oxygens (including phenoxy) is 1. The topological polar surface area (TPSA) is 97.4 Å². The maximum absolute atomic E-state index is 12.9. The van der Waals surface area contributed by atoms with Gasteiger partial charge >= 0.3 is 0 Å². The minimum Gasteiger partial charge on any atom is -0.495 e. The lowest BCUT2D eigenvalue weighted by molar-refractivity contribution is 0.0939. The van der Waals surface area contributed by atoms with Crippen molar-refractivity contribution in [3.63, 3.8) is 0 Å². The SMILES string of the molecule is COc1ccc(C(=O)NC(C)c2ccncc2)cc1S(=O)(=O)NC1CCCC1. The Morgan fingerprint density at radius 2 is 1.86 bits per heavy atom. The Bertz CT molecular complexity index is 926. The van der Waals surface area contributed by atoms with Gasteiger partial charge in [0, 0.05) is 24.0 Å². The van der Waals surface area contributed by atoms with Crippen LogP contribution >= 0.6 is 0 Å². The zero-order chi connectivity index (χ0) is 20.1. The smallest absolute Gasteiger partial charge is 0.251 e. The van der Waals surface area contributed by atoms with Crippen molar-refractivity contribution in [1.82, 2.24) is 15.0 Å². The molecule has 1 heterocycles. The molecule has 8 heteroatoms. The Morgan fingerprint density at radius 1 is 1.18 bits per heavy atom. The van der Waals surface area contributed by atoms with E-state index in [-0.39, 0.29) is 34.2 Å². The molecule has 2 N–H and O–H groups in total. The fourth-order valence-corrected chi connectivity index (χ4v) is 4.87. The predicted octanol–water partition coefficient (Wildman–Crippen LogP) is 2.80. The summed E-state index contributed by atoms with van der Waals surface area (Å²) in [6.07, 6.45) is 6.99. The van der Waals surface area contributed by atoms with Crippen molar-refractivity contribution in [2.75, 3.05) is 7.11 Å². The van der Waals surface area contributed by atoms with Crippen molar-refractivity contribution in [2.45, 2.75) is 49.6 Å². The molecule has 1 unspecified atom stereocenters. The number of hydrogen-bond donors (Lipinski definition) is 2. The minimum absolute atomic E-state index is 0.0221. The second-order valence-electron chi connectivity index (χ2n) is 6.94. The summed E-state index contributed by atoms with van der Waals surface area (Å²) >= 11 is 0. The molecule has 0 saturated heterocycles. The molecule has 1 aromatic carbocycles. The summed E-state index contributed by atoms with van der Waals surface area (Å²) in [4.78, 5) is 16.6. The fraction of sp³-hybridized carbons (Fsp3) is 0.400. The second kappa shape index (κ2) is 8.70. The number of amides is 1. The molecular weight excluding hydrogens is 378 g/mol. The van der Waals surface area contributed by atoms with Gasteiger partial charge in [-0.3, -0.25) is 9.78 Å². The number of aromatic nitrogens is 1. The molecule has 0 bridgehead atoms. The Morgan fingerprint density at radius 3 is 2.50 bits per heavy atom. The largest absolute Gasteiger partial charge is 0.495 e. The van der Waals surface area contributed by atoms with E-state index in [0.717, 1.165) is 31.2 Å². The van der Waals surface area contributed by atoms with Crippen LogP contribution in [0.4, 0.5) is 0 Å². The number of carbonyl (C=O) groups is 1. The highest BCUT2D eigenvalue weighted by Gasteiger charge is 2.26. The third-order valence-corrected chi connectivity index (χ3v) is 6.49. The van der Waals surface area contributed by atoms with Crippen molar-refractivity contribution < 1.29 is 17.9 Å². The summed E-state index contributed by atoms with van der Waals surface area (Å²) < 4.78 is 33.7. The molecule has 1 saturated carbocycles. The molecule has 0 radical (unpaired) electrons. The van der Waals surface area contributed by atoms with E-state index in [1.54, 1.807) is 18.5 Å². The highest BCUT2D eigenvalue weighted by Crippen LogP contribution is 2.27. The lowest BCUT2D eigenvalue weighted by Gasteiger charge is -2.17. The molecule has 1 aliphatic rings. The van der Waals surface area contributed by atoms with Crippen LogP contribution in [0.25, 0.3) is 0 Å². The van der Waals surface area contributed by atoms with Gasteiger partial charge in [-0.1, -0.05) is 12.8 Å². The van der Waals surface area contributed by atoms with E-state index in [2.05, 4.69) is 15.0 Å². The van der Waals surface area contributed by atoms with Crippen molar-refractivity contribution in [1.29, 1.82) is 0 Å². The van der Waals surface area contributed by atoms with Crippen LogP contribution in [0.1, 0.15) is 54.6 Å². The van der Waals surface area contributed by atoms with Crippen LogP contribution in [0.15, 0.2) is 47.6 Å². The first-order valence-electron chi connectivity index (χ1n) is 9.32. The van der Waals surface area contributed by atoms with Crippen LogP contribution in [0, 0.1) is 0 Å². The van der Waals surface area contributed by atoms with E-state index in [1.807, 2.05) is 19.1 Å². The lowest BCUT2D eigenvalue weighted by atomic mass is 10.1. The zero-order valence-electron chi connectivity index (χ0n) is 16.0. The highest BCUT2D eigenvalue weighted by atomic mass is 32.2. The first-order valence-corrected chi connectivity index (χ1v) is 10.8. The summed E-state index contributed by atoms with van der Waals surface area (Å²) in [6, 6.07) is 7.76. The van der Waals surface area contributed by atoms with Crippen LogP contribution in [-0.4, -0.2) is 32.5 Å². The lowest BCUT2D eigenvalue weighted by Crippen LogP contribution is -2.33. The van der Waals surface area contributed by atoms with E-state index in [9.17, 15) is 13.2 Å². The number of carbonyl (C=O) groups excluding carboxylic acids is 1. The molecule has 2 aromatic rings. The summed E-state index contributed by atoms with van der Waals surface area (Å²) in [5.74, 6) is -0.145. The second-order valence-corrected chi connectivity index (χ2v) is 8.63. The molecule has 0 spiro atoms. The number of nitrogens with one attached hydrogen (secondary N) is 2. The molecule has 1 atom stereocenters. The molecule has 7 nitrogen and oxygen atoms in total. The van der Waals surface area contributed by atoms with Gasteiger partial charge in [-0.15, -0.1) is 0 Å². The predicted molar refractivity (Wildman–Crippen MR) is 106 cm³/mol. The Hall–Kier alpha value is -2.45. The maximum Gasteiger partial charge on any atom is 0.251 e. The summed E-state index contributed by atoms with van der Waals surface area (Å²) in [7, 11) is -2.37. The fourth-order valence-electron chi connectivity index (χ4n) is 3.37. The van der Waals surface area contributed by atoms with Gasteiger partial charge in [-0.05, 0) is 55.7 Å². The maximum atomic E-state index is 12.9. The van der Waals surface area contributed by atoms with Crippen LogP contribution in [-0.2, 0) is 10.0 Å². The molecule has 0 aliphatic heterocycles. The van der Waals surface area contributed by atoms with E-state index >= 15 is 0 Å².